The van der Waals surface area contributed by atoms with Gasteiger partial charge in [0.15, 0.2) is 11.5 Å². The molecule has 0 atom stereocenters. The average molecular weight is 485 g/mol. The molecular weight excluding hydrogens is 456 g/mol. The summed E-state index contributed by atoms with van der Waals surface area (Å²) < 4.78 is 10.8. The van der Waals surface area contributed by atoms with Crippen LogP contribution in [0.4, 0.5) is 5.69 Å². The standard InChI is InChI=1S/C28H28N4O4/c1-28(2,16-30)17-32(27(34)22-9-12-24-25(13-22)36-18-35-24)15-20-5-10-23(11-6-20)31-26(33)21-7-3-19(14-29)4-8-21/h3-13H,15-18,30H2,1-2H3,(H,31,33). The lowest BCUT2D eigenvalue weighted by Gasteiger charge is -2.32. The summed E-state index contributed by atoms with van der Waals surface area (Å²) in [5, 5.41) is 11.8. The van der Waals surface area contributed by atoms with Crippen LogP contribution >= 0.6 is 0 Å². The van der Waals surface area contributed by atoms with E-state index in [0.29, 0.717) is 53.5 Å². The van der Waals surface area contributed by atoms with E-state index >= 15 is 0 Å². The first kappa shape index (κ1) is 24.8. The van der Waals surface area contributed by atoms with Crippen molar-refractivity contribution < 1.29 is 19.1 Å². The highest BCUT2D eigenvalue weighted by Gasteiger charge is 2.26. The van der Waals surface area contributed by atoms with Crippen molar-refractivity contribution in [3.63, 3.8) is 0 Å². The number of nitriles is 1. The minimum Gasteiger partial charge on any atom is -0.454 e. The van der Waals surface area contributed by atoms with Crippen LogP contribution in [-0.2, 0) is 6.54 Å². The second-order valence-electron chi connectivity index (χ2n) is 9.44. The van der Waals surface area contributed by atoms with E-state index in [4.69, 9.17) is 20.5 Å². The van der Waals surface area contributed by atoms with Crippen molar-refractivity contribution in [3.8, 4) is 17.6 Å². The molecule has 0 fully saturated rings. The summed E-state index contributed by atoms with van der Waals surface area (Å²) in [5.41, 5.74) is 8.69. The van der Waals surface area contributed by atoms with Crippen molar-refractivity contribution in [2.75, 3.05) is 25.2 Å². The number of hydrogen-bond donors (Lipinski definition) is 2. The molecule has 3 N–H and O–H groups in total. The molecule has 0 saturated carbocycles. The Morgan fingerprint density at radius 3 is 2.33 bits per heavy atom. The van der Waals surface area contributed by atoms with Crippen LogP contribution in [0.3, 0.4) is 0 Å². The molecule has 0 aliphatic carbocycles. The van der Waals surface area contributed by atoms with Gasteiger partial charge in [-0.1, -0.05) is 26.0 Å². The molecule has 1 heterocycles. The molecule has 184 valence electrons. The summed E-state index contributed by atoms with van der Waals surface area (Å²) in [5.74, 6) is 0.782. The number of ether oxygens (including phenoxy) is 2. The lowest BCUT2D eigenvalue weighted by Crippen LogP contribution is -2.41. The van der Waals surface area contributed by atoms with Gasteiger partial charge in [-0.25, -0.2) is 0 Å². The Morgan fingerprint density at radius 2 is 1.67 bits per heavy atom. The second kappa shape index (κ2) is 10.5. The van der Waals surface area contributed by atoms with Crippen LogP contribution in [-0.4, -0.2) is 36.6 Å². The minimum atomic E-state index is -0.277. The Balaban J connectivity index is 1.48. The maximum absolute atomic E-state index is 13.5. The number of rotatable bonds is 8. The SMILES string of the molecule is CC(C)(CN)CN(Cc1ccc(NC(=O)c2ccc(C#N)cc2)cc1)C(=O)c1ccc2c(c1)OCO2. The minimum absolute atomic E-state index is 0.131. The van der Waals surface area contributed by atoms with Gasteiger partial charge in [-0.2, -0.15) is 5.26 Å². The molecule has 2 amide bonds. The number of carbonyl (C=O) groups excluding carboxylic acids is 2. The highest BCUT2D eigenvalue weighted by atomic mass is 16.7. The zero-order chi connectivity index (χ0) is 25.7. The molecule has 0 bridgehead atoms. The Labute approximate surface area is 210 Å². The quantitative estimate of drug-likeness (QED) is 0.496. The summed E-state index contributed by atoms with van der Waals surface area (Å²) in [4.78, 5) is 27.8. The van der Waals surface area contributed by atoms with Gasteiger partial charge in [-0.3, -0.25) is 9.59 Å². The molecule has 8 heteroatoms. The van der Waals surface area contributed by atoms with Gasteiger partial charge in [-0.05, 0) is 72.1 Å². The van der Waals surface area contributed by atoms with E-state index in [1.54, 1.807) is 59.5 Å². The van der Waals surface area contributed by atoms with E-state index in [2.05, 4.69) is 5.32 Å². The lowest BCUT2D eigenvalue weighted by molar-refractivity contribution is 0.0673. The average Bonchev–Trinajstić information content (AvgIpc) is 3.37. The number of nitrogens with zero attached hydrogens (tertiary/aromatic N) is 2. The van der Waals surface area contributed by atoms with E-state index in [-0.39, 0.29) is 24.0 Å². The molecular formula is C28H28N4O4. The van der Waals surface area contributed by atoms with Gasteiger partial charge in [0.25, 0.3) is 11.8 Å². The number of nitrogens with one attached hydrogen (secondary N) is 1. The number of benzene rings is 3. The summed E-state index contributed by atoms with van der Waals surface area (Å²) in [7, 11) is 0. The van der Waals surface area contributed by atoms with Crippen molar-refractivity contribution >= 4 is 17.5 Å². The first-order valence-electron chi connectivity index (χ1n) is 11.6. The smallest absolute Gasteiger partial charge is 0.255 e. The fourth-order valence-electron chi connectivity index (χ4n) is 3.81. The van der Waals surface area contributed by atoms with Crippen LogP contribution in [0.2, 0.25) is 0 Å². The predicted octanol–water partition coefficient (Wildman–Crippen LogP) is 4.17. The number of fused-ring (bicyclic) bond motifs is 1. The summed E-state index contributed by atoms with van der Waals surface area (Å²) >= 11 is 0. The van der Waals surface area contributed by atoms with E-state index in [9.17, 15) is 9.59 Å². The lowest BCUT2D eigenvalue weighted by atomic mass is 9.92. The predicted molar refractivity (Wildman–Crippen MR) is 136 cm³/mol. The zero-order valence-corrected chi connectivity index (χ0v) is 20.3. The molecule has 1 aliphatic rings. The molecule has 36 heavy (non-hydrogen) atoms. The van der Waals surface area contributed by atoms with Gasteiger partial charge < -0.3 is 25.4 Å². The normalized spacial score (nSPS) is 12.1. The third-order valence-corrected chi connectivity index (χ3v) is 5.94. The topological polar surface area (TPSA) is 118 Å². The highest BCUT2D eigenvalue weighted by Crippen LogP contribution is 2.33. The van der Waals surface area contributed by atoms with Gasteiger partial charge in [0.2, 0.25) is 6.79 Å². The van der Waals surface area contributed by atoms with Crippen LogP contribution in [0, 0.1) is 16.7 Å². The first-order valence-corrected chi connectivity index (χ1v) is 11.6. The van der Waals surface area contributed by atoms with Crippen molar-refractivity contribution in [3.05, 3.63) is 89.0 Å². The number of anilines is 1. The maximum atomic E-state index is 13.5. The van der Waals surface area contributed by atoms with E-state index in [0.717, 1.165) is 5.56 Å². The van der Waals surface area contributed by atoms with Crippen LogP contribution in [0.25, 0.3) is 0 Å². The summed E-state index contributed by atoms with van der Waals surface area (Å²) in [6.45, 7) is 5.46. The van der Waals surface area contributed by atoms with Gasteiger partial charge in [0.1, 0.15) is 0 Å². The van der Waals surface area contributed by atoms with Gasteiger partial charge in [0.05, 0.1) is 11.6 Å². The number of hydrogen-bond acceptors (Lipinski definition) is 6. The van der Waals surface area contributed by atoms with E-state index in [1.807, 2.05) is 32.0 Å². The van der Waals surface area contributed by atoms with Crippen molar-refractivity contribution in [2.24, 2.45) is 11.1 Å². The second-order valence-corrected chi connectivity index (χ2v) is 9.44. The maximum Gasteiger partial charge on any atom is 0.255 e. The number of nitrogens with two attached hydrogens (primary N) is 1. The number of amides is 2. The number of carbonyl (C=O) groups is 2. The van der Waals surface area contributed by atoms with Crippen LogP contribution in [0.15, 0.2) is 66.7 Å². The fraction of sp³-hybridized carbons (Fsp3) is 0.250. The summed E-state index contributed by atoms with van der Waals surface area (Å²) in [6, 6.07) is 21.0. The third kappa shape index (κ3) is 5.82. The Hall–Kier alpha value is -4.35. The molecule has 0 unspecified atom stereocenters. The molecule has 3 aromatic carbocycles. The van der Waals surface area contributed by atoms with Crippen LogP contribution < -0.4 is 20.5 Å². The fourth-order valence-corrected chi connectivity index (χ4v) is 3.81. The van der Waals surface area contributed by atoms with Gasteiger partial charge in [0, 0.05) is 29.9 Å². The van der Waals surface area contributed by atoms with Crippen LogP contribution in [0.1, 0.15) is 45.7 Å². The summed E-state index contributed by atoms with van der Waals surface area (Å²) in [6.07, 6.45) is 0. The van der Waals surface area contributed by atoms with Gasteiger partial charge >= 0.3 is 0 Å². The first-order chi connectivity index (χ1) is 17.3. The molecule has 0 spiro atoms. The largest absolute Gasteiger partial charge is 0.454 e. The molecule has 4 rings (SSSR count). The molecule has 0 saturated heterocycles. The third-order valence-electron chi connectivity index (χ3n) is 5.94. The van der Waals surface area contributed by atoms with E-state index < -0.39 is 0 Å². The molecule has 1 aliphatic heterocycles. The zero-order valence-electron chi connectivity index (χ0n) is 20.3. The Bertz CT molecular complexity index is 1290. The van der Waals surface area contributed by atoms with Gasteiger partial charge in [-0.15, -0.1) is 0 Å². The van der Waals surface area contributed by atoms with Crippen molar-refractivity contribution in [1.29, 1.82) is 5.26 Å². The van der Waals surface area contributed by atoms with E-state index in [1.165, 1.54) is 0 Å². The Kier molecular flexibility index (Phi) is 7.23. The van der Waals surface area contributed by atoms with Crippen molar-refractivity contribution in [1.82, 2.24) is 4.90 Å². The molecule has 0 radical (unpaired) electrons. The molecule has 0 aromatic heterocycles. The molecule has 8 nitrogen and oxygen atoms in total. The monoisotopic (exact) mass is 484 g/mol. The Morgan fingerprint density at radius 1 is 1.00 bits per heavy atom. The van der Waals surface area contributed by atoms with Crippen LogP contribution in [0.5, 0.6) is 11.5 Å². The highest BCUT2D eigenvalue weighted by molar-refractivity contribution is 6.04. The van der Waals surface area contributed by atoms with Crippen molar-refractivity contribution in [2.45, 2.75) is 20.4 Å². The molecule has 3 aromatic rings.